The molecule has 0 saturated carbocycles. The van der Waals surface area contributed by atoms with Gasteiger partial charge in [0.25, 0.3) is 0 Å². The normalized spacial score (nSPS) is 11.8. The minimum atomic E-state index is -4.63. The summed E-state index contributed by atoms with van der Waals surface area (Å²) in [6.45, 7) is 0. The smallest absolute Gasteiger partial charge is 0.230 e. The Morgan fingerprint density at radius 3 is 2.46 bits per heavy atom. The number of alkyl halides is 3. The molecule has 0 fully saturated rings. The highest BCUT2D eigenvalue weighted by molar-refractivity contribution is 7.98. The maximum Gasteiger partial charge on any atom is 0.451 e. The average Bonchev–Trinajstić information content (AvgIpc) is 2.03. The number of aromatic nitrogens is 2. The summed E-state index contributed by atoms with van der Waals surface area (Å²) >= 11 is 0.800. The van der Waals surface area contributed by atoms with E-state index in [1.54, 1.807) is 0 Å². The molecule has 0 unspecified atom stereocenters. The van der Waals surface area contributed by atoms with Crippen molar-refractivity contribution in [1.29, 1.82) is 0 Å². The first-order chi connectivity index (χ1) is 5.95. The van der Waals surface area contributed by atoms with Gasteiger partial charge >= 0.3 is 6.18 Å². The van der Waals surface area contributed by atoms with E-state index in [0.29, 0.717) is 6.20 Å². The Labute approximate surface area is 75.4 Å². The van der Waals surface area contributed by atoms with Gasteiger partial charge in [-0.15, -0.1) is 11.8 Å². The Hall–Kier alpha value is -0.850. The van der Waals surface area contributed by atoms with E-state index < -0.39 is 17.8 Å². The lowest BCUT2D eigenvalue weighted by Crippen LogP contribution is -2.11. The molecule has 0 N–H and O–H groups in total. The summed E-state index contributed by atoms with van der Waals surface area (Å²) in [4.78, 5) is 5.85. The minimum Gasteiger partial charge on any atom is -0.230 e. The Morgan fingerprint density at radius 1 is 1.38 bits per heavy atom. The molecule has 1 rings (SSSR count). The summed E-state index contributed by atoms with van der Waals surface area (Å²) in [7, 11) is 0. The molecule has 1 aromatic rings. The second kappa shape index (κ2) is 3.49. The van der Waals surface area contributed by atoms with Gasteiger partial charge in [-0.05, 0) is 6.26 Å². The molecule has 7 heteroatoms. The lowest BCUT2D eigenvalue weighted by molar-refractivity contribution is -0.145. The highest BCUT2D eigenvalue weighted by Crippen LogP contribution is 2.27. The molecule has 1 aromatic heterocycles. The molecule has 0 bridgehead atoms. The third kappa shape index (κ3) is 2.30. The summed E-state index contributed by atoms with van der Waals surface area (Å²) in [5.41, 5.74) is 0. The Morgan fingerprint density at radius 2 is 2.00 bits per heavy atom. The van der Waals surface area contributed by atoms with Crippen LogP contribution in [0.3, 0.4) is 0 Å². The van der Waals surface area contributed by atoms with Gasteiger partial charge in [0, 0.05) is 0 Å². The monoisotopic (exact) mass is 212 g/mol. The van der Waals surface area contributed by atoms with Gasteiger partial charge in [0.15, 0.2) is 5.82 Å². The summed E-state index contributed by atoms with van der Waals surface area (Å²) < 4.78 is 48.6. The van der Waals surface area contributed by atoms with Gasteiger partial charge in [-0.1, -0.05) is 0 Å². The standard InChI is InChI=1S/C6H4F4N2S/c1-13-4-3(7)2-11-5(12-4)6(8,9)10/h2H,1H3. The maximum absolute atomic E-state index is 12.6. The topological polar surface area (TPSA) is 25.8 Å². The van der Waals surface area contributed by atoms with E-state index in [4.69, 9.17) is 0 Å². The molecule has 0 aromatic carbocycles. The molecule has 0 spiro atoms. The molecule has 0 saturated heterocycles. The van der Waals surface area contributed by atoms with Crippen LogP contribution in [0.4, 0.5) is 17.6 Å². The molecule has 0 aliphatic carbocycles. The van der Waals surface area contributed by atoms with Crippen LogP contribution < -0.4 is 0 Å². The van der Waals surface area contributed by atoms with E-state index in [1.807, 2.05) is 0 Å². The lowest BCUT2D eigenvalue weighted by Gasteiger charge is -2.05. The fraction of sp³-hybridized carbons (Fsp3) is 0.333. The van der Waals surface area contributed by atoms with Crippen molar-refractivity contribution in [3.05, 3.63) is 17.8 Å². The van der Waals surface area contributed by atoms with Crippen molar-refractivity contribution in [1.82, 2.24) is 9.97 Å². The van der Waals surface area contributed by atoms with Crippen molar-refractivity contribution in [3.8, 4) is 0 Å². The van der Waals surface area contributed by atoms with Crippen molar-refractivity contribution in [3.63, 3.8) is 0 Å². The molecule has 0 aliphatic heterocycles. The third-order valence-electron chi connectivity index (χ3n) is 1.16. The first kappa shape index (κ1) is 10.2. The number of thioether (sulfide) groups is 1. The first-order valence-corrected chi connectivity index (χ1v) is 4.31. The van der Waals surface area contributed by atoms with Crippen LogP contribution in [-0.2, 0) is 6.18 Å². The van der Waals surface area contributed by atoms with Crippen LogP contribution in [0.5, 0.6) is 0 Å². The highest BCUT2D eigenvalue weighted by Gasteiger charge is 2.35. The first-order valence-electron chi connectivity index (χ1n) is 3.09. The molecule has 2 nitrogen and oxygen atoms in total. The number of halogens is 4. The predicted octanol–water partition coefficient (Wildman–Crippen LogP) is 2.36. The zero-order valence-electron chi connectivity index (χ0n) is 6.39. The summed E-state index contributed by atoms with van der Waals surface area (Å²) in [5.74, 6) is -2.17. The molecule has 72 valence electrons. The van der Waals surface area contributed by atoms with Crippen molar-refractivity contribution >= 4 is 11.8 Å². The predicted molar refractivity (Wildman–Crippen MR) is 38.8 cm³/mol. The fourth-order valence-corrected chi connectivity index (χ4v) is 1.06. The Balaban J connectivity index is 3.14. The van der Waals surface area contributed by atoms with Gasteiger partial charge in [0.1, 0.15) is 5.03 Å². The largest absolute Gasteiger partial charge is 0.451 e. The molecular formula is C6H4F4N2S. The van der Waals surface area contributed by atoms with Crippen molar-refractivity contribution in [2.75, 3.05) is 6.26 Å². The lowest BCUT2D eigenvalue weighted by atomic mass is 10.5. The molecule has 0 atom stereocenters. The maximum atomic E-state index is 12.6. The summed E-state index contributed by atoms with van der Waals surface area (Å²) in [5, 5.41) is -0.303. The Bertz CT molecular complexity index is 312. The van der Waals surface area contributed by atoms with Crippen molar-refractivity contribution in [2.45, 2.75) is 11.2 Å². The van der Waals surface area contributed by atoms with E-state index in [1.165, 1.54) is 6.26 Å². The molecule has 0 radical (unpaired) electrons. The fourth-order valence-electron chi connectivity index (χ4n) is 0.631. The van der Waals surface area contributed by atoms with Crippen LogP contribution >= 0.6 is 11.8 Å². The summed E-state index contributed by atoms with van der Waals surface area (Å²) in [6.07, 6.45) is -2.68. The molecule has 1 heterocycles. The van der Waals surface area contributed by atoms with Crippen molar-refractivity contribution < 1.29 is 17.6 Å². The van der Waals surface area contributed by atoms with Crippen LogP contribution in [-0.4, -0.2) is 16.2 Å². The number of rotatable bonds is 1. The molecule has 13 heavy (non-hydrogen) atoms. The van der Waals surface area contributed by atoms with E-state index >= 15 is 0 Å². The zero-order valence-corrected chi connectivity index (χ0v) is 7.21. The number of nitrogens with zero attached hydrogens (tertiary/aromatic N) is 2. The third-order valence-corrected chi connectivity index (χ3v) is 1.83. The Kier molecular flexibility index (Phi) is 2.74. The minimum absolute atomic E-state index is 0.303. The van der Waals surface area contributed by atoms with E-state index in [-0.39, 0.29) is 5.03 Å². The highest BCUT2D eigenvalue weighted by atomic mass is 32.2. The van der Waals surface area contributed by atoms with E-state index in [0.717, 1.165) is 11.8 Å². The molecule has 0 amide bonds. The van der Waals surface area contributed by atoms with Gasteiger partial charge in [-0.25, -0.2) is 14.4 Å². The number of hydrogen-bond acceptors (Lipinski definition) is 3. The SMILES string of the molecule is CSc1nc(C(F)(F)F)ncc1F. The van der Waals surface area contributed by atoms with Crippen LogP contribution in [0, 0.1) is 5.82 Å². The van der Waals surface area contributed by atoms with Gasteiger partial charge in [-0.2, -0.15) is 13.2 Å². The van der Waals surface area contributed by atoms with Crippen LogP contribution in [0.15, 0.2) is 11.2 Å². The van der Waals surface area contributed by atoms with Crippen molar-refractivity contribution in [2.24, 2.45) is 0 Å². The number of hydrogen-bond donors (Lipinski definition) is 0. The molecule has 0 aliphatic rings. The van der Waals surface area contributed by atoms with Gasteiger partial charge < -0.3 is 0 Å². The molecular weight excluding hydrogens is 208 g/mol. The van der Waals surface area contributed by atoms with E-state index in [2.05, 4.69) is 9.97 Å². The van der Waals surface area contributed by atoms with Crippen LogP contribution in [0.25, 0.3) is 0 Å². The zero-order chi connectivity index (χ0) is 10.1. The van der Waals surface area contributed by atoms with Crippen LogP contribution in [0.2, 0.25) is 0 Å². The second-order valence-corrected chi connectivity index (χ2v) is 2.84. The quantitative estimate of drug-likeness (QED) is 0.406. The van der Waals surface area contributed by atoms with Gasteiger partial charge in [0.2, 0.25) is 5.82 Å². The van der Waals surface area contributed by atoms with Crippen LogP contribution in [0.1, 0.15) is 5.82 Å². The van der Waals surface area contributed by atoms with Gasteiger partial charge in [0.05, 0.1) is 6.20 Å². The van der Waals surface area contributed by atoms with E-state index in [9.17, 15) is 17.6 Å². The average molecular weight is 212 g/mol. The second-order valence-electron chi connectivity index (χ2n) is 2.05. The van der Waals surface area contributed by atoms with Gasteiger partial charge in [-0.3, -0.25) is 0 Å². The summed E-state index contributed by atoms with van der Waals surface area (Å²) in [6, 6.07) is 0.